The number of methoxy groups -OCH3 is 1. The molecule has 0 spiro atoms. The second kappa shape index (κ2) is 8.46. The van der Waals surface area contributed by atoms with Crippen LogP contribution in [0.1, 0.15) is 5.56 Å². The maximum Gasteiger partial charge on any atom is 0.132 e. The van der Waals surface area contributed by atoms with Gasteiger partial charge in [0, 0.05) is 24.9 Å². The van der Waals surface area contributed by atoms with E-state index in [9.17, 15) is 0 Å². The summed E-state index contributed by atoms with van der Waals surface area (Å²) in [6.45, 7) is 3.79. The Balaban J connectivity index is 2.09. The van der Waals surface area contributed by atoms with Gasteiger partial charge in [0.25, 0.3) is 0 Å². The van der Waals surface area contributed by atoms with Crippen molar-refractivity contribution in [3.05, 3.63) is 23.8 Å². The van der Waals surface area contributed by atoms with Crippen LogP contribution in [0.25, 0.3) is 0 Å². The standard InChI is InChI=1S/C15H21NO3S2/c1-17-14-11-12(19-9-10-21-2)3-4-13(14)15(20)16-5-7-18-8-6-16/h3-4,11H,5-10H2,1-2H3. The number of thioether (sulfide) groups is 1. The van der Waals surface area contributed by atoms with Crippen molar-refractivity contribution in [3.8, 4) is 11.5 Å². The fourth-order valence-electron chi connectivity index (χ4n) is 2.12. The topological polar surface area (TPSA) is 30.9 Å². The number of morpholine rings is 1. The minimum absolute atomic E-state index is 0.692. The first-order valence-electron chi connectivity index (χ1n) is 6.93. The van der Waals surface area contributed by atoms with E-state index in [1.807, 2.05) is 18.2 Å². The Kier molecular flexibility index (Phi) is 6.60. The largest absolute Gasteiger partial charge is 0.496 e. The first kappa shape index (κ1) is 16.4. The van der Waals surface area contributed by atoms with Gasteiger partial charge < -0.3 is 19.1 Å². The molecule has 6 heteroatoms. The van der Waals surface area contributed by atoms with Gasteiger partial charge in [-0.3, -0.25) is 0 Å². The fraction of sp³-hybridized carbons (Fsp3) is 0.533. The van der Waals surface area contributed by atoms with E-state index in [1.54, 1.807) is 18.9 Å². The van der Waals surface area contributed by atoms with Crippen LogP contribution in [0.3, 0.4) is 0 Å². The molecule has 116 valence electrons. The third-order valence-electron chi connectivity index (χ3n) is 3.26. The number of hydrogen-bond acceptors (Lipinski definition) is 5. The molecule has 0 atom stereocenters. The summed E-state index contributed by atoms with van der Waals surface area (Å²) >= 11 is 7.35. The number of thiocarbonyl (C=S) groups is 1. The minimum Gasteiger partial charge on any atom is -0.496 e. The molecule has 1 aromatic rings. The Hall–Kier alpha value is -0.980. The number of nitrogens with zero attached hydrogens (tertiary/aromatic N) is 1. The van der Waals surface area contributed by atoms with Gasteiger partial charge in [-0.15, -0.1) is 0 Å². The molecule has 4 nitrogen and oxygen atoms in total. The SMILES string of the molecule is COc1cc(OCCSC)ccc1C(=S)N1CCOCC1. The molecule has 0 amide bonds. The van der Waals surface area contributed by atoms with Crippen molar-refractivity contribution in [2.75, 3.05) is 52.0 Å². The van der Waals surface area contributed by atoms with Crippen molar-refractivity contribution >= 4 is 29.0 Å². The van der Waals surface area contributed by atoms with E-state index < -0.39 is 0 Å². The molecule has 0 aliphatic carbocycles. The Labute approximate surface area is 135 Å². The van der Waals surface area contributed by atoms with Crippen molar-refractivity contribution in [2.45, 2.75) is 0 Å². The first-order valence-corrected chi connectivity index (χ1v) is 8.73. The van der Waals surface area contributed by atoms with Gasteiger partial charge in [-0.2, -0.15) is 11.8 Å². The first-order chi connectivity index (χ1) is 10.3. The predicted molar refractivity (Wildman–Crippen MR) is 91.0 cm³/mol. The fourth-order valence-corrected chi connectivity index (χ4v) is 2.72. The monoisotopic (exact) mass is 327 g/mol. The van der Waals surface area contributed by atoms with Gasteiger partial charge in [0.15, 0.2) is 0 Å². The van der Waals surface area contributed by atoms with Crippen LogP contribution in [0.5, 0.6) is 11.5 Å². The summed E-state index contributed by atoms with van der Waals surface area (Å²) in [6.07, 6.45) is 2.06. The average Bonchev–Trinajstić information content (AvgIpc) is 2.55. The summed E-state index contributed by atoms with van der Waals surface area (Å²) < 4.78 is 16.5. The lowest BCUT2D eigenvalue weighted by Gasteiger charge is -2.29. The molecule has 1 saturated heterocycles. The van der Waals surface area contributed by atoms with Crippen LogP contribution >= 0.6 is 24.0 Å². The molecule has 0 bridgehead atoms. The van der Waals surface area contributed by atoms with Gasteiger partial charge >= 0.3 is 0 Å². The molecule has 1 aliphatic heterocycles. The van der Waals surface area contributed by atoms with Crippen LogP contribution in [-0.2, 0) is 4.74 Å². The molecule has 0 N–H and O–H groups in total. The summed E-state index contributed by atoms with van der Waals surface area (Å²) in [5, 5.41) is 0. The lowest BCUT2D eigenvalue weighted by molar-refractivity contribution is 0.0692. The number of rotatable bonds is 6. The average molecular weight is 327 g/mol. The van der Waals surface area contributed by atoms with E-state index in [-0.39, 0.29) is 0 Å². The minimum atomic E-state index is 0.692. The summed E-state index contributed by atoms with van der Waals surface area (Å²) in [4.78, 5) is 2.97. The lowest BCUT2D eigenvalue weighted by atomic mass is 10.1. The third kappa shape index (κ3) is 4.49. The number of ether oxygens (including phenoxy) is 3. The normalized spacial score (nSPS) is 14.9. The molecular weight excluding hydrogens is 306 g/mol. The summed E-state index contributed by atoms with van der Waals surface area (Å²) in [7, 11) is 1.66. The highest BCUT2D eigenvalue weighted by molar-refractivity contribution is 7.98. The van der Waals surface area contributed by atoms with E-state index in [2.05, 4.69) is 11.2 Å². The van der Waals surface area contributed by atoms with E-state index in [4.69, 9.17) is 26.4 Å². The highest BCUT2D eigenvalue weighted by Crippen LogP contribution is 2.26. The summed E-state index contributed by atoms with van der Waals surface area (Å²) in [6, 6.07) is 5.83. The number of benzene rings is 1. The maximum atomic E-state index is 5.69. The van der Waals surface area contributed by atoms with Crippen molar-refractivity contribution in [3.63, 3.8) is 0 Å². The summed E-state index contributed by atoms with van der Waals surface area (Å²) in [5.41, 5.74) is 0.937. The Bertz CT molecular complexity index is 476. The molecule has 0 radical (unpaired) electrons. The van der Waals surface area contributed by atoms with Crippen LogP contribution in [0.2, 0.25) is 0 Å². The van der Waals surface area contributed by atoms with Crippen LogP contribution in [0.15, 0.2) is 18.2 Å². The van der Waals surface area contributed by atoms with E-state index in [0.29, 0.717) is 6.61 Å². The Morgan fingerprint density at radius 2 is 2.14 bits per heavy atom. The second-order valence-corrected chi connectivity index (χ2v) is 5.98. The van der Waals surface area contributed by atoms with Crippen molar-refractivity contribution in [2.24, 2.45) is 0 Å². The zero-order chi connectivity index (χ0) is 15.1. The van der Waals surface area contributed by atoms with E-state index >= 15 is 0 Å². The van der Waals surface area contributed by atoms with Crippen LogP contribution in [0, 0.1) is 0 Å². The van der Waals surface area contributed by atoms with E-state index in [1.165, 1.54) is 0 Å². The van der Waals surface area contributed by atoms with Crippen molar-refractivity contribution in [1.29, 1.82) is 0 Å². The van der Waals surface area contributed by atoms with Gasteiger partial charge in [0.2, 0.25) is 0 Å². The molecule has 0 unspecified atom stereocenters. The van der Waals surface area contributed by atoms with Gasteiger partial charge in [-0.1, -0.05) is 12.2 Å². The zero-order valence-corrected chi connectivity index (χ0v) is 14.1. The Morgan fingerprint density at radius 1 is 1.38 bits per heavy atom. The summed E-state index contributed by atoms with van der Waals surface area (Å²) in [5.74, 6) is 2.54. The van der Waals surface area contributed by atoms with Crippen LogP contribution in [-0.4, -0.2) is 61.9 Å². The molecule has 1 heterocycles. The predicted octanol–water partition coefficient (Wildman–Crippen LogP) is 2.44. The molecule has 1 aromatic carbocycles. The van der Waals surface area contributed by atoms with Gasteiger partial charge in [-0.25, -0.2) is 0 Å². The molecule has 1 fully saturated rings. The molecule has 21 heavy (non-hydrogen) atoms. The van der Waals surface area contributed by atoms with Gasteiger partial charge in [-0.05, 0) is 18.4 Å². The van der Waals surface area contributed by atoms with Crippen molar-refractivity contribution in [1.82, 2.24) is 4.90 Å². The quantitative estimate of drug-likeness (QED) is 0.589. The maximum absolute atomic E-state index is 5.69. The van der Waals surface area contributed by atoms with Gasteiger partial charge in [0.05, 0.1) is 32.5 Å². The van der Waals surface area contributed by atoms with E-state index in [0.717, 1.165) is 54.1 Å². The number of hydrogen-bond donors (Lipinski definition) is 0. The lowest BCUT2D eigenvalue weighted by Crippen LogP contribution is -2.40. The van der Waals surface area contributed by atoms with Crippen LogP contribution < -0.4 is 9.47 Å². The molecule has 0 aromatic heterocycles. The third-order valence-corrected chi connectivity index (χ3v) is 4.31. The highest BCUT2D eigenvalue weighted by atomic mass is 32.2. The molecule has 0 saturated carbocycles. The van der Waals surface area contributed by atoms with Crippen molar-refractivity contribution < 1.29 is 14.2 Å². The smallest absolute Gasteiger partial charge is 0.132 e. The molecular formula is C15H21NO3S2. The van der Waals surface area contributed by atoms with Crippen LogP contribution in [0.4, 0.5) is 0 Å². The zero-order valence-electron chi connectivity index (χ0n) is 12.5. The molecule has 1 aliphatic rings. The molecule has 2 rings (SSSR count). The van der Waals surface area contributed by atoms with Gasteiger partial charge in [0.1, 0.15) is 16.5 Å². The highest BCUT2D eigenvalue weighted by Gasteiger charge is 2.18. The second-order valence-electron chi connectivity index (χ2n) is 4.61. The Morgan fingerprint density at radius 3 is 2.81 bits per heavy atom.